The van der Waals surface area contributed by atoms with Gasteiger partial charge in [0.15, 0.2) is 0 Å². The van der Waals surface area contributed by atoms with E-state index in [2.05, 4.69) is 50.4 Å². The summed E-state index contributed by atoms with van der Waals surface area (Å²) in [4.78, 5) is 28.4. The van der Waals surface area contributed by atoms with Gasteiger partial charge in [-0.3, -0.25) is 4.79 Å². The lowest BCUT2D eigenvalue weighted by Crippen LogP contribution is -2.38. The zero-order chi connectivity index (χ0) is 27.7. The van der Waals surface area contributed by atoms with Gasteiger partial charge in [-0.25, -0.2) is 15.0 Å². The van der Waals surface area contributed by atoms with Gasteiger partial charge in [0.05, 0.1) is 35.3 Å². The highest BCUT2D eigenvalue weighted by atomic mass is 35.5. The molecule has 2 N–H and O–H groups in total. The quantitative estimate of drug-likeness (QED) is 0.301. The normalized spacial score (nSPS) is 18.0. The van der Waals surface area contributed by atoms with Crippen LogP contribution in [0.4, 0.5) is 22.7 Å². The van der Waals surface area contributed by atoms with Crippen molar-refractivity contribution in [1.29, 1.82) is 5.26 Å². The summed E-state index contributed by atoms with van der Waals surface area (Å²) >= 11 is 6.10. The highest BCUT2D eigenvalue weighted by Gasteiger charge is 2.23. The van der Waals surface area contributed by atoms with Gasteiger partial charge >= 0.3 is 0 Å². The van der Waals surface area contributed by atoms with Crippen molar-refractivity contribution in [3.05, 3.63) is 75.8 Å². The van der Waals surface area contributed by atoms with Crippen LogP contribution in [0.25, 0.3) is 10.9 Å². The van der Waals surface area contributed by atoms with Crippen LogP contribution in [-0.4, -0.2) is 32.6 Å². The monoisotopic (exact) mass is 542 g/mol. The van der Waals surface area contributed by atoms with Crippen LogP contribution in [0.2, 0.25) is 5.15 Å². The zero-order valence-corrected chi connectivity index (χ0v) is 23.2. The fourth-order valence-electron chi connectivity index (χ4n) is 5.35. The molecule has 0 amide bonds. The van der Waals surface area contributed by atoms with Gasteiger partial charge in [-0.1, -0.05) is 25.4 Å². The Morgan fingerprint density at radius 2 is 1.79 bits per heavy atom. The van der Waals surface area contributed by atoms with Crippen molar-refractivity contribution in [3.8, 4) is 6.07 Å². The summed E-state index contributed by atoms with van der Waals surface area (Å²) in [7, 11) is 1.74. The third-order valence-corrected chi connectivity index (χ3v) is 7.48. The molecule has 0 radical (unpaired) electrons. The summed E-state index contributed by atoms with van der Waals surface area (Å²) in [5.41, 5.74) is 3.89. The van der Waals surface area contributed by atoms with Crippen molar-refractivity contribution in [2.75, 3.05) is 28.6 Å². The second kappa shape index (κ2) is 10.9. The fraction of sp³-hybridized carbons (Fsp3) is 0.345. The van der Waals surface area contributed by atoms with E-state index in [1.165, 1.54) is 6.42 Å². The molecule has 3 atom stereocenters. The first-order valence-corrected chi connectivity index (χ1v) is 13.4. The van der Waals surface area contributed by atoms with E-state index in [0.717, 1.165) is 35.4 Å². The van der Waals surface area contributed by atoms with Crippen LogP contribution in [0.15, 0.2) is 53.7 Å². The number of nitrogens with one attached hydrogen (secondary N) is 2. The molecule has 1 aromatic carbocycles. The lowest BCUT2D eigenvalue weighted by Gasteiger charge is -2.36. The molecule has 0 spiro atoms. The minimum Gasteiger partial charge on any atom is -0.375 e. The second-order valence-corrected chi connectivity index (χ2v) is 10.8. The van der Waals surface area contributed by atoms with Gasteiger partial charge in [0.2, 0.25) is 0 Å². The Hall–Kier alpha value is -4.16. The molecule has 10 heteroatoms. The maximum Gasteiger partial charge on any atom is 0.252 e. The lowest BCUT2D eigenvalue weighted by atomic mass is 9.92. The lowest BCUT2D eigenvalue weighted by molar-refractivity contribution is 0.356. The predicted octanol–water partition coefficient (Wildman–Crippen LogP) is 5.65. The molecule has 9 nitrogen and oxygen atoms in total. The van der Waals surface area contributed by atoms with E-state index >= 15 is 0 Å². The van der Waals surface area contributed by atoms with Crippen molar-refractivity contribution < 1.29 is 0 Å². The molecular weight excluding hydrogens is 512 g/mol. The molecule has 1 aliphatic heterocycles. The van der Waals surface area contributed by atoms with Crippen molar-refractivity contribution >= 4 is 45.3 Å². The first-order chi connectivity index (χ1) is 18.7. The Morgan fingerprint density at radius 1 is 1.08 bits per heavy atom. The summed E-state index contributed by atoms with van der Waals surface area (Å²) in [6.45, 7) is 8.57. The standard InChI is InChI=1S/C29H31ClN8O/c1-17-9-18(2)16-38(15-17)21-13-33-29(34-14-21)19(3)35-25-11-27(39)37(4)26-6-5-20(10-22(25)26)36-24-7-8-32-28(30)23(24)12-31/h5-8,10-11,13-14,17-19,35H,9,15-16H2,1-4H3,(H,32,36)/t17-,18+,19?. The third-order valence-electron chi connectivity index (χ3n) is 7.19. The van der Waals surface area contributed by atoms with Gasteiger partial charge in [-0.2, -0.15) is 5.26 Å². The molecule has 0 saturated carbocycles. The van der Waals surface area contributed by atoms with E-state index in [1.54, 1.807) is 29.9 Å². The number of fused-ring (bicyclic) bond motifs is 1. The smallest absolute Gasteiger partial charge is 0.252 e. The largest absolute Gasteiger partial charge is 0.375 e. The Bertz CT molecular complexity index is 1600. The summed E-state index contributed by atoms with van der Waals surface area (Å²) in [6, 6.07) is 10.8. The Kier molecular flexibility index (Phi) is 7.40. The van der Waals surface area contributed by atoms with Gasteiger partial charge in [0, 0.05) is 49.2 Å². The molecule has 200 valence electrons. The van der Waals surface area contributed by atoms with E-state index in [0.29, 0.717) is 29.0 Å². The maximum absolute atomic E-state index is 12.8. The molecule has 4 heterocycles. The van der Waals surface area contributed by atoms with Crippen LogP contribution in [-0.2, 0) is 7.05 Å². The van der Waals surface area contributed by atoms with Crippen LogP contribution in [0, 0.1) is 23.2 Å². The molecule has 0 bridgehead atoms. The van der Waals surface area contributed by atoms with Crippen molar-refractivity contribution in [2.45, 2.75) is 33.2 Å². The van der Waals surface area contributed by atoms with Gasteiger partial charge in [0.1, 0.15) is 22.6 Å². The summed E-state index contributed by atoms with van der Waals surface area (Å²) in [6.07, 6.45) is 6.57. The number of hydrogen-bond acceptors (Lipinski definition) is 8. The predicted molar refractivity (Wildman–Crippen MR) is 156 cm³/mol. The van der Waals surface area contributed by atoms with Crippen LogP contribution in [0.1, 0.15) is 44.6 Å². The van der Waals surface area contributed by atoms with E-state index in [1.807, 2.05) is 37.5 Å². The molecule has 5 rings (SSSR count). The number of nitriles is 1. The molecular formula is C29H31ClN8O. The number of pyridine rings is 2. The first kappa shape index (κ1) is 26.4. The van der Waals surface area contributed by atoms with Gasteiger partial charge in [0.25, 0.3) is 5.56 Å². The number of benzene rings is 1. The zero-order valence-electron chi connectivity index (χ0n) is 22.4. The number of aryl methyl sites for hydroxylation is 1. The summed E-state index contributed by atoms with van der Waals surface area (Å²) < 4.78 is 1.60. The average Bonchev–Trinajstić information content (AvgIpc) is 2.91. The van der Waals surface area contributed by atoms with E-state index < -0.39 is 0 Å². The molecule has 39 heavy (non-hydrogen) atoms. The highest BCUT2D eigenvalue weighted by Crippen LogP contribution is 2.31. The summed E-state index contributed by atoms with van der Waals surface area (Å²) in [5, 5.41) is 17.2. The topological polar surface area (TPSA) is 112 Å². The van der Waals surface area contributed by atoms with Crippen LogP contribution >= 0.6 is 11.6 Å². The molecule has 4 aromatic rings. The number of rotatable bonds is 6. The molecule has 1 saturated heterocycles. The fourth-order valence-corrected chi connectivity index (χ4v) is 5.55. The number of hydrogen-bond donors (Lipinski definition) is 2. The number of aromatic nitrogens is 4. The van der Waals surface area contributed by atoms with Gasteiger partial charge in [-0.15, -0.1) is 0 Å². The molecule has 1 unspecified atom stereocenters. The van der Waals surface area contributed by atoms with Gasteiger partial charge < -0.3 is 20.1 Å². The number of anilines is 4. The second-order valence-electron chi connectivity index (χ2n) is 10.5. The first-order valence-electron chi connectivity index (χ1n) is 13.0. The molecule has 0 aliphatic carbocycles. The average molecular weight is 543 g/mol. The minimum absolute atomic E-state index is 0.129. The van der Waals surface area contributed by atoms with Crippen LogP contribution in [0.3, 0.4) is 0 Å². The van der Waals surface area contributed by atoms with Crippen LogP contribution in [0.5, 0.6) is 0 Å². The molecule has 1 fully saturated rings. The molecule has 3 aromatic heterocycles. The minimum atomic E-state index is -0.241. The SMILES string of the molecule is CC(Nc1cc(=O)n(C)c2ccc(Nc3ccnc(Cl)c3C#N)cc12)c1ncc(N2C[C@H](C)C[C@H](C)C2)cn1. The Labute approximate surface area is 232 Å². The third kappa shape index (κ3) is 5.52. The Balaban J connectivity index is 1.42. The summed E-state index contributed by atoms with van der Waals surface area (Å²) in [5.74, 6) is 1.93. The number of piperidine rings is 1. The highest BCUT2D eigenvalue weighted by molar-refractivity contribution is 6.31. The van der Waals surface area contributed by atoms with Crippen molar-refractivity contribution in [1.82, 2.24) is 19.5 Å². The van der Waals surface area contributed by atoms with Crippen molar-refractivity contribution in [2.24, 2.45) is 18.9 Å². The van der Waals surface area contributed by atoms with Crippen molar-refractivity contribution in [3.63, 3.8) is 0 Å². The van der Waals surface area contributed by atoms with Crippen LogP contribution < -0.4 is 21.1 Å². The Morgan fingerprint density at radius 3 is 2.49 bits per heavy atom. The van der Waals surface area contributed by atoms with E-state index in [-0.39, 0.29) is 22.3 Å². The van der Waals surface area contributed by atoms with Gasteiger partial charge in [-0.05, 0) is 49.4 Å². The molecule has 1 aliphatic rings. The number of nitrogens with zero attached hydrogens (tertiary/aromatic N) is 6. The van der Waals surface area contributed by atoms with E-state index in [9.17, 15) is 10.1 Å². The number of halogens is 1. The van der Waals surface area contributed by atoms with E-state index in [4.69, 9.17) is 11.6 Å². The maximum atomic E-state index is 12.8.